The second-order valence-corrected chi connectivity index (χ2v) is 3.97. The lowest BCUT2D eigenvalue weighted by Crippen LogP contribution is -2.36. The van der Waals surface area contributed by atoms with Crippen LogP contribution in [-0.2, 0) is 4.74 Å². The molecule has 0 bridgehead atoms. The molecule has 1 rings (SSSR count). The third-order valence-electron chi connectivity index (χ3n) is 2.45. The summed E-state index contributed by atoms with van der Waals surface area (Å²) in [7, 11) is 0. The van der Waals surface area contributed by atoms with Crippen LogP contribution in [0.2, 0.25) is 0 Å². The van der Waals surface area contributed by atoms with E-state index in [1.807, 2.05) is 0 Å². The van der Waals surface area contributed by atoms with Gasteiger partial charge in [0.2, 0.25) is 0 Å². The van der Waals surface area contributed by atoms with Crippen molar-refractivity contribution < 1.29 is 31.1 Å². The number of hydrogen-bond donors (Lipinski definition) is 2. The van der Waals surface area contributed by atoms with Gasteiger partial charge in [0.25, 0.3) is 0 Å². The quantitative estimate of drug-likeness (QED) is 0.462. The topological polar surface area (TPSA) is 47.3 Å². The fourth-order valence-electron chi connectivity index (χ4n) is 1.35. The first kappa shape index (κ1) is 16.7. The number of hydrazine groups is 1. The minimum atomic E-state index is -4.28. The van der Waals surface area contributed by atoms with Crippen LogP contribution in [0.15, 0.2) is 18.2 Å². The van der Waals surface area contributed by atoms with Crippen LogP contribution in [0.5, 0.6) is 0 Å². The standard InChI is InChI=1S/C11H12F6N2O/c12-7-2-1-6(3-8(7)13)9(19-18)4-20-5-11(16,17)10(14)15/h1-3,9-10,19H,4-5,18H2. The molecule has 1 aromatic carbocycles. The van der Waals surface area contributed by atoms with Gasteiger partial charge in [0.15, 0.2) is 11.6 Å². The van der Waals surface area contributed by atoms with Gasteiger partial charge in [0, 0.05) is 0 Å². The van der Waals surface area contributed by atoms with Gasteiger partial charge in [0.05, 0.1) is 12.6 Å². The molecule has 0 radical (unpaired) electrons. The maximum absolute atomic E-state index is 13.0. The SMILES string of the molecule is NNC(COCC(F)(F)C(F)F)c1ccc(F)c(F)c1. The van der Waals surface area contributed by atoms with E-state index < -0.39 is 43.2 Å². The normalized spacial score (nSPS) is 13.8. The van der Waals surface area contributed by atoms with E-state index in [1.54, 1.807) is 0 Å². The first-order valence-corrected chi connectivity index (χ1v) is 5.42. The molecule has 0 saturated carbocycles. The molecule has 1 unspecified atom stereocenters. The molecule has 0 aliphatic rings. The predicted molar refractivity (Wildman–Crippen MR) is 58.2 cm³/mol. The highest BCUT2D eigenvalue weighted by molar-refractivity contribution is 5.21. The summed E-state index contributed by atoms with van der Waals surface area (Å²) < 4.78 is 79.1. The highest BCUT2D eigenvalue weighted by Gasteiger charge is 2.41. The van der Waals surface area contributed by atoms with Crippen LogP contribution in [0.1, 0.15) is 11.6 Å². The van der Waals surface area contributed by atoms with E-state index in [0.717, 1.165) is 18.2 Å². The van der Waals surface area contributed by atoms with Gasteiger partial charge in [-0.3, -0.25) is 11.3 Å². The number of nitrogens with one attached hydrogen (secondary N) is 1. The van der Waals surface area contributed by atoms with Gasteiger partial charge in [-0.05, 0) is 17.7 Å². The molecule has 0 amide bonds. The number of alkyl halides is 4. The van der Waals surface area contributed by atoms with Crippen LogP contribution in [0.25, 0.3) is 0 Å². The zero-order valence-electron chi connectivity index (χ0n) is 10.1. The van der Waals surface area contributed by atoms with Gasteiger partial charge in [-0.25, -0.2) is 17.6 Å². The summed E-state index contributed by atoms with van der Waals surface area (Å²) in [5.41, 5.74) is 2.27. The van der Waals surface area contributed by atoms with Gasteiger partial charge in [-0.1, -0.05) is 6.07 Å². The number of rotatable bonds is 7. The minimum absolute atomic E-state index is 0.131. The van der Waals surface area contributed by atoms with E-state index in [2.05, 4.69) is 10.2 Å². The third kappa shape index (κ3) is 4.36. The van der Waals surface area contributed by atoms with Crippen LogP contribution in [0.4, 0.5) is 26.3 Å². The van der Waals surface area contributed by atoms with Gasteiger partial charge in [-0.15, -0.1) is 0 Å². The molecule has 3 N–H and O–H groups in total. The highest BCUT2D eigenvalue weighted by Crippen LogP contribution is 2.24. The van der Waals surface area contributed by atoms with Crippen LogP contribution in [0, 0.1) is 11.6 Å². The first-order chi connectivity index (χ1) is 9.27. The van der Waals surface area contributed by atoms with Crippen molar-refractivity contribution in [1.82, 2.24) is 5.43 Å². The number of hydrogen-bond acceptors (Lipinski definition) is 3. The van der Waals surface area contributed by atoms with Gasteiger partial charge < -0.3 is 4.74 Å². The molecule has 0 aliphatic heterocycles. The Balaban J connectivity index is 2.62. The van der Waals surface area contributed by atoms with Crippen molar-refractivity contribution in [3.63, 3.8) is 0 Å². The van der Waals surface area contributed by atoms with E-state index in [4.69, 9.17) is 5.84 Å². The van der Waals surface area contributed by atoms with Crippen molar-refractivity contribution >= 4 is 0 Å². The van der Waals surface area contributed by atoms with Crippen LogP contribution in [-0.4, -0.2) is 25.6 Å². The number of halogens is 6. The molecule has 20 heavy (non-hydrogen) atoms. The van der Waals surface area contributed by atoms with Crippen LogP contribution in [0.3, 0.4) is 0 Å². The Bertz CT molecular complexity index is 443. The van der Waals surface area contributed by atoms with E-state index in [-0.39, 0.29) is 5.56 Å². The fraction of sp³-hybridized carbons (Fsp3) is 0.455. The summed E-state index contributed by atoms with van der Waals surface area (Å²) in [6, 6.07) is 1.84. The van der Waals surface area contributed by atoms with E-state index in [9.17, 15) is 26.3 Å². The zero-order valence-corrected chi connectivity index (χ0v) is 10.1. The maximum atomic E-state index is 13.0. The average molecular weight is 302 g/mol. The van der Waals surface area contributed by atoms with E-state index >= 15 is 0 Å². The molecule has 3 nitrogen and oxygen atoms in total. The van der Waals surface area contributed by atoms with Gasteiger partial charge in [0.1, 0.15) is 6.61 Å². The lowest BCUT2D eigenvalue weighted by molar-refractivity contribution is -0.167. The lowest BCUT2D eigenvalue weighted by atomic mass is 10.1. The summed E-state index contributed by atoms with van der Waals surface area (Å²) >= 11 is 0. The molecule has 114 valence electrons. The summed E-state index contributed by atoms with van der Waals surface area (Å²) in [6.07, 6.45) is -3.85. The Labute approximate surface area is 110 Å². The second-order valence-electron chi connectivity index (χ2n) is 3.97. The molecule has 0 aromatic heterocycles. The number of ether oxygens (including phenoxy) is 1. The average Bonchev–Trinajstić information content (AvgIpc) is 2.38. The zero-order chi connectivity index (χ0) is 15.3. The molecule has 0 aliphatic carbocycles. The molecule has 0 heterocycles. The van der Waals surface area contributed by atoms with Gasteiger partial charge >= 0.3 is 12.3 Å². The van der Waals surface area contributed by atoms with Crippen LogP contribution < -0.4 is 11.3 Å². The highest BCUT2D eigenvalue weighted by atomic mass is 19.3. The Hall–Kier alpha value is -1.32. The summed E-state index contributed by atoms with van der Waals surface area (Å²) in [5, 5.41) is 0. The van der Waals surface area contributed by atoms with E-state index in [1.165, 1.54) is 0 Å². The predicted octanol–water partition coefficient (Wildman–Crippen LogP) is 2.39. The van der Waals surface area contributed by atoms with E-state index in [0.29, 0.717) is 0 Å². The minimum Gasteiger partial charge on any atom is -0.373 e. The Morgan fingerprint density at radius 1 is 1.20 bits per heavy atom. The molecule has 0 spiro atoms. The maximum Gasteiger partial charge on any atom is 0.330 e. The lowest BCUT2D eigenvalue weighted by Gasteiger charge is -2.19. The third-order valence-corrected chi connectivity index (χ3v) is 2.45. The summed E-state index contributed by atoms with van der Waals surface area (Å²) in [4.78, 5) is 0. The largest absolute Gasteiger partial charge is 0.373 e. The van der Waals surface area contributed by atoms with Crippen molar-refractivity contribution in [2.45, 2.75) is 18.4 Å². The van der Waals surface area contributed by atoms with Crippen LogP contribution >= 0.6 is 0 Å². The van der Waals surface area contributed by atoms with Crippen molar-refractivity contribution in [3.05, 3.63) is 35.4 Å². The summed E-state index contributed by atoms with van der Waals surface area (Å²) in [6.45, 7) is -2.02. The number of nitrogens with two attached hydrogens (primary N) is 1. The molecular formula is C11H12F6N2O. The smallest absolute Gasteiger partial charge is 0.330 e. The Morgan fingerprint density at radius 2 is 1.85 bits per heavy atom. The molecule has 1 atom stereocenters. The molecule has 0 saturated heterocycles. The fourth-order valence-corrected chi connectivity index (χ4v) is 1.35. The van der Waals surface area contributed by atoms with Crippen molar-refractivity contribution in [1.29, 1.82) is 0 Å². The Morgan fingerprint density at radius 3 is 2.35 bits per heavy atom. The van der Waals surface area contributed by atoms with Gasteiger partial charge in [-0.2, -0.15) is 8.78 Å². The molecule has 9 heteroatoms. The summed E-state index contributed by atoms with van der Waals surface area (Å²) in [5.74, 6) is -1.40. The molecular weight excluding hydrogens is 290 g/mol. The first-order valence-electron chi connectivity index (χ1n) is 5.42. The molecule has 1 aromatic rings. The second kappa shape index (κ2) is 6.91. The number of benzene rings is 1. The monoisotopic (exact) mass is 302 g/mol. The van der Waals surface area contributed by atoms with Crippen molar-refractivity contribution in [2.75, 3.05) is 13.2 Å². The van der Waals surface area contributed by atoms with Crippen molar-refractivity contribution in [3.8, 4) is 0 Å². The van der Waals surface area contributed by atoms with Crippen molar-refractivity contribution in [2.24, 2.45) is 5.84 Å². The Kier molecular flexibility index (Phi) is 5.78. The molecule has 0 fully saturated rings.